The number of piperazine rings is 1. The lowest BCUT2D eigenvalue weighted by Gasteiger charge is -2.36. The van der Waals surface area contributed by atoms with Gasteiger partial charge in [0.1, 0.15) is 12.4 Å². The summed E-state index contributed by atoms with van der Waals surface area (Å²) in [6.45, 7) is 7.65. The standard InChI is InChI=1S/C27H38N4O2/c1-29-16-9-13-25(29)27(32)28-15-7-8-17-30-18-20-31(21-19-30)24-12-5-6-14-26(24)33-22-23-10-3-2-4-11-23/h2-6,10-12,14,25H,7-9,13,15-22H2,1H3,(H,28,32). The number of likely N-dealkylation sites (tertiary alicyclic amines) is 1. The summed E-state index contributed by atoms with van der Waals surface area (Å²) < 4.78 is 6.17. The molecule has 2 heterocycles. The molecule has 6 heteroatoms. The van der Waals surface area contributed by atoms with Crippen LogP contribution in [-0.2, 0) is 11.4 Å². The number of rotatable bonds is 10. The fourth-order valence-electron chi connectivity index (χ4n) is 4.82. The van der Waals surface area contributed by atoms with Gasteiger partial charge < -0.3 is 15.0 Å². The van der Waals surface area contributed by atoms with Gasteiger partial charge in [0.05, 0.1) is 11.7 Å². The fourth-order valence-corrected chi connectivity index (χ4v) is 4.82. The van der Waals surface area contributed by atoms with Crippen LogP contribution in [0.15, 0.2) is 54.6 Å². The van der Waals surface area contributed by atoms with Crippen LogP contribution in [0.3, 0.4) is 0 Å². The maximum Gasteiger partial charge on any atom is 0.237 e. The minimum atomic E-state index is 0.0811. The van der Waals surface area contributed by atoms with Gasteiger partial charge in [0.2, 0.25) is 5.91 Å². The van der Waals surface area contributed by atoms with Gasteiger partial charge in [-0.05, 0) is 63.5 Å². The number of unbranched alkanes of at least 4 members (excludes halogenated alkanes) is 1. The van der Waals surface area contributed by atoms with E-state index >= 15 is 0 Å². The Morgan fingerprint density at radius 3 is 2.48 bits per heavy atom. The number of carbonyl (C=O) groups is 1. The van der Waals surface area contributed by atoms with Crippen LogP contribution in [0.5, 0.6) is 5.75 Å². The molecule has 2 aromatic carbocycles. The molecule has 6 nitrogen and oxygen atoms in total. The summed E-state index contributed by atoms with van der Waals surface area (Å²) in [7, 11) is 2.05. The second kappa shape index (κ2) is 12.1. The van der Waals surface area contributed by atoms with Crippen LogP contribution in [0, 0.1) is 0 Å². The van der Waals surface area contributed by atoms with Crippen molar-refractivity contribution in [1.82, 2.24) is 15.1 Å². The predicted octanol–water partition coefficient (Wildman–Crippen LogP) is 3.38. The van der Waals surface area contributed by atoms with Gasteiger partial charge in [0, 0.05) is 32.7 Å². The van der Waals surface area contributed by atoms with Gasteiger partial charge in [-0.3, -0.25) is 14.6 Å². The summed E-state index contributed by atoms with van der Waals surface area (Å²) >= 11 is 0. The SMILES string of the molecule is CN1CCCC1C(=O)NCCCCN1CCN(c2ccccc2OCc2ccccc2)CC1. The molecule has 0 radical (unpaired) electrons. The van der Waals surface area contributed by atoms with Crippen molar-refractivity contribution in [3.63, 3.8) is 0 Å². The van der Waals surface area contributed by atoms with Gasteiger partial charge in [-0.25, -0.2) is 0 Å². The molecular formula is C27H38N4O2. The summed E-state index contributed by atoms with van der Waals surface area (Å²) in [4.78, 5) is 19.4. The average Bonchev–Trinajstić information content (AvgIpc) is 3.29. The van der Waals surface area contributed by atoms with Gasteiger partial charge in [-0.1, -0.05) is 42.5 Å². The summed E-state index contributed by atoms with van der Waals surface area (Å²) in [6.07, 6.45) is 4.29. The number of nitrogens with zero attached hydrogens (tertiary/aromatic N) is 3. The minimum Gasteiger partial charge on any atom is -0.487 e. The number of nitrogens with one attached hydrogen (secondary N) is 1. The van der Waals surface area contributed by atoms with Crippen LogP contribution in [0.1, 0.15) is 31.2 Å². The van der Waals surface area contributed by atoms with Crippen molar-refractivity contribution in [1.29, 1.82) is 0 Å². The molecule has 1 unspecified atom stereocenters. The Balaban J connectivity index is 1.15. The van der Waals surface area contributed by atoms with Crippen molar-refractivity contribution in [3.05, 3.63) is 60.2 Å². The van der Waals surface area contributed by atoms with E-state index in [1.54, 1.807) is 0 Å². The molecule has 1 amide bonds. The predicted molar refractivity (Wildman–Crippen MR) is 134 cm³/mol. The summed E-state index contributed by atoms with van der Waals surface area (Å²) in [5, 5.41) is 3.13. The Morgan fingerprint density at radius 2 is 1.73 bits per heavy atom. The molecule has 0 aliphatic carbocycles. The van der Waals surface area contributed by atoms with Crippen LogP contribution in [-0.4, -0.2) is 74.6 Å². The van der Waals surface area contributed by atoms with Crippen LogP contribution in [0.25, 0.3) is 0 Å². The van der Waals surface area contributed by atoms with Crippen LogP contribution in [0.2, 0.25) is 0 Å². The highest BCUT2D eigenvalue weighted by atomic mass is 16.5. The quantitative estimate of drug-likeness (QED) is 0.563. The lowest BCUT2D eigenvalue weighted by Crippen LogP contribution is -2.46. The number of likely N-dealkylation sites (N-methyl/N-ethyl adjacent to an activating group) is 1. The first-order chi connectivity index (χ1) is 16.2. The number of para-hydroxylation sites is 2. The maximum absolute atomic E-state index is 12.3. The molecule has 2 aliphatic heterocycles. The van der Waals surface area contributed by atoms with E-state index in [9.17, 15) is 4.79 Å². The molecule has 0 spiro atoms. The Bertz CT molecular complexity index is 867. The monoisotopic (exact) mass is 450 g/mol. The molecule has 2 saturated heterocycles. The van der Waals surface area contributed by atoms with Gasteiger partial charge in [-0.2, -0.15) is 0 Å². The largest absolute Gasteiger partial charge is 0.487 e. The Kier molecular flexibility index (Phi) is 8.61. The van der Waals surface area contributed by atoms with Crippen molar-refractivity contribution >= 4 is 11.6 Å². The molecule has 0 aromatic heterocycles. The first kappa shape index (κ1) is 23.6. The number of hydrogen-bond donors (Lipinski definition) is 1. The third-order valence-corrected chi connectivity index (χ3v) is 6.84. The zero-order valence-electron chi connectivity index (χ0n) is 19.9. The first-order valence-electron chi connectivity index (χ1n) is 12.4. The van der Waals surface area contributed by atoms with E-state index in [-0.39, 0.29) is 11.9 Å². The van der Waals surface area contributed by atoms with Gasteiger partial charge in [0.25, 0.3) is 0 Å². The molecular weight excluding hydrogens is 412 g/mol. The van der Waals surface area contributed by atoms with Crippen LogP contribution in [0.4, 0.5) is 5.69 Å². The van der Waals surface area contributed by atoms with E-state index in [1.807, 2.05) is 31.3 Å². The summed E-state index contributed by atoms with van der Waals surface area (Å²) in [5.41, 5.74) is 2.37. The van der Waals surface area contributed by atoms with Crippen molar-refractivity contribution < 1.29 is 9.53 Å². The molecule has 2 aromatic rings. The number of anilines is 1. The molecule has 0 bridgehead atoms. The number of benzene rings is 2. The Hall–Kier alpha value is -2.57. The average molecular weight is 451 g/mol. The lowest BCUT2D eigenvalue weighted by atomic mass is 10.2. The normalized spacial score (nSPS) is 19.5. The molecule has 1 atom stereocenters. The maximum atomic E-state index is 12.3. The molecule has 1 N–H and O–H groups in total. The molecule has 2 fully saturated rings. The molecule has 178 valence electrons. The van der Waals surface area contributed by atoms with E-state index in [0.29, 0.717) is 6.61 Å². The first-order valence-corrected chi connectivity index (χ1v) is 12.4. The van der Waals surface area contributed by atoms with Crippen molar-refractivity contribution in [2.75, 3.05) is 57.8 Å². The van der Waals surface area contributed by atoms with Gasteiger partial charge >= 0.3 is 0 Å². The summed E-state index contributed by atoms with van der Waals surface area (Å²) in [6, 6.07) is 18.8. The van der Waals surface area contributed by atoms with E-state index in [1.165, 1.54) is 11.3 Å². The highest BCUT2D eigenvalue weighted by molar-refractivity contribution is 5.81. The van der Waals surface area contributed by atoms with E-state index in [0.717, 1.165) is 77.2 Å². The number of ether oxygens (including phenoxy) is 1. The van der Waals surface area contributed by atoms with E-state index in [2.05, 4.69) is 50.3 Å². The van der Waals surface area contributed by atoms with Crippen molar-refractivity contribution in [2.24, 2.45) is 0 Å². The van der Waals surface area contributed by atoms with Crippen LogP contribution < -0.4 is 15.0 Å². The second-order valence-corrected chi connectivity index (χ2v) is 9.21. The van der Waals surface area contributed by atoms with Gasteiger partial charge in [-0.15, -0.1) is 0 Å². The number of carbonyl (C=O) groups excluding carboxylic acids is 1. The van der Waals surface area contributed by atoms with E-state index in [4.69, 9.17) is 4.74 Å². The minimum absolute atomic E-state index is 0.0811. The highest BCUT2D eigenvalue weighted by Gasteiger charge is 2.27. The zero-order chi connectivity index (χ0) is 22.9. The molecule has 2 aliphatic rings. The van der Waals surface area contributed by atoms with Crippen molar-refractivity contribution in [3.8, 4) is 5.75 Å². The lowest BCUT2D eigenvalue weighted by molar-refractivity contribution is -0.125. The number of amides is 1. The molecule has 0 saturated carbocycles. The second-order valence-electron chi connectivity index (χ2n) is 9.21. The fraction of sp³-hybridized carbons (Fsp3) is 0.519. The Morgan fingerprint density at radius 1 is 0.970 bits per heavy atom. The topological polar surface area (TPSA) is 48.1 Å². The van der Waals surface area contributed by atoms with Crippen molar-refractivity contribution in [2.45, 2.75) is 38.3 Å². The molecule has 4 rings (SSSR count). The zero-order valence-corrected chi connectivity index (χ0v) is 19.9. The van der Waals surface area contributed by atoms with E-state index < -0.39 is 0 Å². The van der Waals surface area contributed by atoms with Crippen LogP contribution >= 0.6 is 0 Å². The molecule has 33 heavy (non-hydrogen) atoms. The third-order valence-electron chi connectivity index (χ3n) is 6.84. The Labute approximate surface area is 198 Å². The summed E-state index contributed by atoms with van der Waals surface area (Å²) in [5.74, 6) is 1.16. The smallest absolute Gasteiger partial charge is 0.237 e. The van der Waals surface area contributed by atoms with Gasteiger partial charge in [0.15, 0.2) is 0 Å². The highest BCUT2D eigenvalue weighted by Crippen LogP contribution is 2.29. The number of hydrogen-bond acceptors (Lipinski definition) is 5. The third kappa shape index (κ3) is 6.71.